The maximum absolute atomic E-state index is 13.6. The second-order valence-electron chi connectivity index (χ2n) is 6.99. The van der Waals surface area contributed by atoms with Crippen LogP contribution in [0.5, 0.6) is 11.5 Å². The molecule has 152 valence electrons. The van der Waals surface area contributed by atoms with Gasteiger partial charge in [0, 0.05) is 6.54 Å². The van der Waals surface area contributed by atoms with Gasteiger partial charge < -0.3 is 9.47 Å². The Morgan fingerprint density at radius 2 is 1.70 bits per heavy atom. The number of fused-ring (bicyclic) bond motifs is 1. The Morgan fingerprint density at radius 1 is 1.00 bits per heavy atom. The summed E-state index contributed by atoms with van der Waals surface area (Å²) in [6.07, 6.45) is 0. The summed E-state index contributed by atoms with van der Waals surface area (Å²) in [5.41, 5.74) is 2.26. The molecule has 0 unspecified atom stereocenters. The Labute approximate surface area is 176 Å². The van der Waals surface area contributed by atoms with Crippen molar-refractivity contribution in [2.75, 3.05) is 6.79 Å². The summed E-state index contributed by atoms with van der Waals surface area (Å²) in [6.45, 7) is 2.05. The van der Waals surface area contributed by atoms with Gasteiger partial charge in [-0.15, -0.1) is 0 Å². The number of nitriles is 1. The topological polar surface area (TPSA) is 79.6 Å². The first-order valence-corrected chi connectivity index (χ1v) is 10.8. The zero-order valence-corrected chi connectivity index (χ0v) is 17.2. The molecular formula is C23H20N2O4S. The average Bonchev–Trinajstić information content (AvgIpc) is 3.23. The van der Waals surface area contributed by atoms with Crippen molar-refractivity contribution in [3.8, 4) is 17.6 Å². The van der Waals surface area contributed by atoms with E-state index < -0.39 is 16.1 Å². The molecule has 0 aromatic heterocycles. The van der Waals surface area contributed by atoms with E-state index in [1.165, 1.54) is 4.31 Å². The van der Waals surface area contributed by atoms with Gasteiger partial charge in [0.1, 0.15) is 6.04 Å². The van der Waals surface area contributed by atoms with Gasteiger partial charge in [0.2, 0.25) is 16.8 Å². The monoisotopic (exact) mass is 420 g/mol. The smallest absolute Gasteiger partial charge is 0.244 e. The van der Waals surface area contributed by atoms with Crippen LogP contribution in [0.25, 0.3) is 0 Å². The summed E-state index contributed by atoms with van der Waals surface area (Å²) in [4.78, 5) is 0.144. The number of benzene rings is 3. The van der Waals surface area contributed by atoms with E-state index in [9.17, 15) is 13.7 Å². The molecule has 0 fully saturated rings. The summed E-state index contributed by atoms with van der Waals surface area (Å²) in [5.74, 6) is 1.08. The Balaban J connectivity index is 1.79. The lowest BCUT2D eigenvalue weighted by Crippen LogP contribution is -2.34. The molecule has 1 atom stereocenters. The maximum Gasteiger partial charge on any atom is 0.244 e. The van der Waals surface area contributed by atoms with Gasteiger partial charge in [-0.05, 0) is 42.3 Å². The first-order valence-electron chi connectivity index (χ1n) is 9.40. The lowest BCUT2D eigenvalue weighted by atomic mass is 10.1. The van der Waals surface area contributed by atoms with E-state index in [0.29, 0.717) is 17.1 Å². The van der Waals surface area contributed by atoms with Crippen LogP contribution in [0.3, 0.4) is 0 Å². The van der Waals surface area contributed by atoms with Gasteiger partial charge in [-0.3, -0.25) is 0 Å². The Morgan fingerprint density at radius 3 is 2.40 bits per heavy atom. The molecule has 0 saturated carbocycles. The molecule has 1 heterocycles. The number of hydrogen-bond acceptors (Lipinski definition) is 5. The predicted molar refractivity (Wildman–Crippen MR) is 111 cm³/mol. The fourth-order valence-electron chi connectivity index (χ4n) is 3.31. The minimum absolute atomic E-state index is 0.0592. The Kier molecular flexibility index (Phi) is 5.44. The summed E-state index contributed by atoms with van der Waals surface area (Å²) < 4.78 is 39.1. The third-order valence-corrected chi connectivity index (χ3v) is 6.76. The third kappa shape index (κ3) is 3.88. The average molecular weight is 420 g/mol. The highest BCUT2D eigenvalue weighted by atomic mass is 32.2. The van der Waals surface area contributed by atoms with Gasteiger partial charge in [-0.1, -0.05) is 54.1 Å². The minimum Gasteiger partial charge on any atom is -0.454 e. The second-order valence-corrected chi connectivity index (χ2v) is 8.88. The molecule has 0 spiro atoms. The standard InChI is InChI=1S/C23H20N2O4S/c1-17-7-10-20(11-8-17)30(26,27)25(15-18-5-3-2-4-6-18)21(14-24)19-9-12-22-23(13-19)29-16-28-22/h2-13,21H,15-16H2,1H3/t21-/m0/s1. The van der Waals surface area contributed by atoms with Crippen molar-refractivity contribution >= 4 is 10.0 Å². The molecular weight excluding hydrogens is 400 g/mol. The van der Waals surface area contributed by atoms with Crippen molar-refractivity contribution in [2.45, 2.75) is 24.4 Å². The zero-order valence-electron chi connectivity index (χ0n) is 16.4. The quantitative estimate of drug-likeness (QED) is 0.598. The fraction of sp³-hybridized carbons (Fsp3) is 0.174. The highest BCUT2D eigenvalue weighted by molar-refractivity contribution is 7.89. The van der Waals surface area contributed by atoms with Gasteiger partial charge in [0.15, 0.2) is 11.5 Å². The van der Waals surface area contributed by atoms with Gasteiger partial charge >= 0.3 is 0 Å². The predicted octanol–water partition coefficient (Wildman–Crippen LogP) is 4.18. The molecule has 0 amide bonds. The van der Waals surface area contributed by atoms with Crippen molar-refractivity contribution in [2.24, 2.45) is 0 Å². The van der Waals surface area contributed by atoms with Crippen LogP contribution in [-0.2, 0) is 16.6 Å². The van der Waals surface area contributed by atoms with E-state index in [0.717, 1.165) is 11.1 Å². The van der Waals surface area contributed by atoms with Gasteiger partial charge in [-0.25, -0.2) is 8.42 Å². The van der Waals surface area contributed by atoms with Gasteiger partial charge in [0.05, 0.1) is 11.0 Å². The van der Waals surface area contributed by atoms with E-state index >= 15 is 0 Å². The molecule has 0 saturated heterocycles. The van der Waals surface area contributed by atoms with Crippen LogP contribution in [-0.4, -0.2) is 19.5 Å². The summed E-state index contributed by atoms with van der Waals surface area (Å²) in [6, 6.07) is 22.0. The van der Waals surface area contributed by atoms with E-state index in [2.05, 4.69) is 6.07 Å². The molecule has 0 aliphatic carbocycles. The van der Waals surface area contributed by atoms with Crippen LogP contribution < -0.4 is 9.47 Å². The van der Waals surface area contributed by atoms with Crippen LogP contribution in [0.15, 0.2) is 77.7 Å². The first-order chi connectivity index (χ1) is 14.5. The van der Waals surface area contributed by atoms with E-state index in [4.69, 9.17) is 9.47 Å². The molecule has 0 bridgehead atoms. The number of rotatable bonds is 6. The van der Waals surface area contributed by atoms with Crippen LogP contribution >= 0.6 is 0 Å². The van der Waals surface area contributed by atoms with Crippen LogP contribution in [0.4, 0.5) is 0 Å². The normalized spacial score (nSPS) is 13.8. The molecule has 1 aliphatic rings. The van der Waals surface area contributed by atoms with Crippen LogP contribution in [0.2, 0.25) is 0 Å². The minimum atomic E-state index is -3.95. The largest absolute Gasteiger partial charge is 0.454 e. The van der Waals surface area contributed by atoms with Crippen LogP contribution in [0, 0.1) is 18.3 Å². The number of ether oxygens (including phenoxy) is 2. The van der Waals surface area contributed by atoms with Crippen LogP contribution in [0.1, 0.15) is 22.7 Å². The number of sulfonamides is 1. The number of hydrogen-bond donors (Lipinski definition) is 0. The van der Waals surface area contributed by atoms with Crippen molar-refractivity contribution < 1.29 is 17.9 Å². The van der Waals surface area contributed by atoms with Gasteiger partial charge in [0.25, 0.3) is 0 Å². The van der Waals surface area contributed by atoms with E-state index in [1.54, 1.807) is 42.5 Å². The molecule has 0 N–H and O–H groups in total. The van der Waals surface area contributed by atoms with Crippen molar-refractivity contribution in [1.82, 2.24) is 4.31 Å². The highest BCUT2D eigenvalue weighted by Crippen LogP contribution is 2.37. The zero-order chi connectivity index (χ0) is 21.1. The van der Waals surface area contributed by atoms with Crippen molar-refractivity contribution in [3.63, 3.8) is 0 Å². The molecule has 3 aromatic rings. The SMILES string of the molecule is Cc1ccc(S(=O)(=O)N(Cc2ccccc2)[C@@H](C#N)c2ccc3c(c2)OCO3)cc1. The molecule has 3 aromatic carbocycles. The van der Waals surface area contributed by atoms with E-state index in [-0.39, 0.29) is 18.2 Å². The molecule has 1 aliphatic heterocycles. The summed E-state index contributed by atoms with van der Waals surface area (Å²) >= 11 is 0. The Bertz CT molecular complexity index is 1190. The number of nitrogens with zero attached hydrogens (tertiary/aromatic N) is 2. The van der Waals surface area contributed by atoms with Gasteiger partial charge in [-0.2, -0.15) is 9.57 Å². The summed E-state index contributed by atoms with van der Waals surface area (Å²) in [5, 5.41) is 10.0. The fourth-order valence-corrected chi connectivity index (χ4v) is 4.83. The lowest BCUT2D eigenvalue weighted by Gasteiger charge is -2.27. The maximum atomic E-state index is 13.6. The van der Waals surface area contributed by atoms with Crippen molar-refractivity contribution in [1.29, 1.82) is 5.26 Å². The number of aryl methyl sites for hydroxylation is 1. The third-order valence-electron chi connectivity index (χ3n) is 4.93. The Hall–Kier alpha value is -3.34. The summed E-state index contributed by atoms with van der Waals surface area (Å²) in [7, 11) is -3.95. The van der Waals surface area contributed by atoms with E-state index in [1.807, 2.05) is 37.3 Å². The highest BCUT2D eigenvalue weighted by Gasteiger charge is 2.33. The first kappa shape index (κ1) is 20.0. The molecule has 7 heteroatoms. The molecule has 4 rings (SSSR count). The second kappa shape index (κ2) is 8.19. The molecule has 0 radical (unpaired) electrons. The molecule has 6 nitrogen and oxygen atoms in total. The molecule has 30 heavy (non-hydrogen) atoms. The lowest BCUT2D eigenvalue weighted by molar-refractivity contribution is 0.174. The van der Waals surface area contributed by atoms with Crippen molar-refractivity contribution in [3.05, 3.63) is 89.5 Å².